The van der Waals surface area contributed by atoms with Crippen molar-refractivity contribution < 1.29 is 4.79 Å². The van der Waals surface area contributed by atoms with Crippen LogP contribution in [0.15, 0.2) is 83.3 Å². The molecule has 0 N–H and O–H groups in total. The van der Waals surface area contributed by atoms with Crippen LogP contribution in [0.2, 0.25) is 0 Å². The number of aromatic nitrogens is 2. The molecular formula is C23H18BrN3O. The van der Waals surface area contributed by atoms with Gasteiger partial charge in [0, 0.05) is 11.0 Å². The molecule has 0 saturated carbocycles. The largest absolute Gasteiger partial charge is 0.329 e. The predicted octanol–water partition coefficient (Wildman–Crippen LogP) is 4.93. The second kappa shape index (κ2) is 6.91. The Hall–Kier alpha value is -2.92. The summed E-state index contributed by atoms with van der Waals surface area (Å²) < 4.78 is 3.06. The van der Waals surface area contributed by atoms with E-state index in [0.717, 1.165) is 32.5 Å². The molecule has 1 aliphatic rings. The lowest BCUT2D eigenvalue weighted by molar-refractivity contribution is -0.136. The zero-order chi connectivity index (χ0) is 19.1. The van der Waals surface area contributed by atoms with Crippen LogP contribution in [0.5, 0.6) is 0 Å². The van der Waals surface area contributed by atoms with Gasteiger partial charge in [-0.05, 0) is 35.4 Å². The highest BCUT2D eigenvalue weighted by molar-refractivity contribution is 9.10. The summed E-state index contributed by atoms with van der Waals surface area (Å²) in [7, 11) is 0. The Morgan fingerprint density at radius 3 is 2.57 bits per heavy atom. The van der Waals surface area contributed by atoms with Gasteiger partial charge in [0.25, 0.3) is 5.91 Å². The van der Waals surface area contributed by atoms with Crippen LogP contribution in [0, 0.1) is 0 Å². The van der Waals surface area contributed by atoms with E-state index in [4.69, 9.17) is 4.98 Å². The van der Waals surface area contributed by atoms with Gasteiger partial charge in [0.05, 0.1) is 17.6 Å². The number of halogens is 1. The highest BCUT2D eigenvalue weighted by Crippen LogP contribution is 2.34. The van der Waals surface area contributed by atoms with Gasteiger partial charge in [-0.15, -0.1) is 0 Å². The average Bonchev–Trinajstić information content (AvgIpc) is 3.07. The molecule has 0 fully saturated rings. The molecule has 5 heteroatoms. The maximum absolute atomic E-state index is 13.6. The van der Waals surface area contributed by atoms with Gasteiger partial charge in [0.2, 0.25) is 0 Å². The smallest absolute Gasteiger partial charge is 0.251 e. The lowest BCUT2D eigenvalue weighted by atomic mass is 10.0. The first-order valence-corrected chi connectivity index (χ1v) is 10.0. The summed E-state index contributed by atoms with van der Waals surface area (Å²) in [6.45, 7) is 1.08. The minimum Gasteiger partial charge on any atom is -0.329 e. The Morgan fingerprint density at radius 1 is 0.964 bits per heavy atom. The zero-order valence-electron chi connectivity index (χ0n) is 15.1. The first kappa shape index (κ1) is 17.2. The lowest BCUT2D eigenvalue weighted by Gasteiger charge is -2.34. The van der Waals surface area contributed by atoms with Gasteiger partial charge in [-0.1, -0.05) is 70.5 Å². The molecule has 3 aromatic carbocycles. The first-order chi connectivity index (χ1) is 13.7. The summed E-state index contributed by atoms with van der Waals surface area (Å²) in [5, 5.41) is 0. The SMILES string of the molecule is O=C1C(c2cccc(Br)c2)n2c(nc3ccccc32)CN1Cc1ccccc1. The molecule has 1 atom stereocenters. The van der Waals surface area contributed by atoms with Crippen LogP contribution in [-0.4, -0.2) is 20.4 Å². The minimum absolute atomic E-state index is 0.0950. The number of carbonyl (C=O) groups is 1. The molecule has 0 spiro atoms. The third kappa shape index (κ3) is 2.92. The van der Waals surface area contributed by atoms with Crippen molar-refractivity contribution >= 4 is 32.9 Å². The summed E-state index contributed by atoms with van der Waals surface area (Å²) in [6, 6.07) is 25.7. The van der Waals surface area contributed by atoms with Gasteiger partial charge in [0.15, 0.2) is 0 Å². The van der Waals surface area contributed by atoms with E-state index in [2.05, 4.69) is 32.6 Å². The first-order valence-electron chi connectivity index (χ1n) is 9.25. The van der Waals surface area contributed by atoms with Crippen LogP contribution < -0.4 is 0 Å². The number of hydrogen-bond donors (Lipinski definition) is 0. The molecule has 1 aliphatic heterocycles. The van der Waals surface area contributed by atoms with Crippen molar-refractivity contribution in [2.75, 3.05) is 0 Å². The Morgan fingerprint density at radius 2 is 1.75 bits per heavy atom. The summed E-state index contributed by atoms with van der Waals surface area (Å²) in [5.74, 6) is 1.01. The van der Waals surface area contributed by atoms with Crippen molar-refractivity contribution in [2.24, 2.45) is 0 Å². The van der Waals surface area contributed by atoms with E-state index in [0.29, 0.717) is 13.1 Å². The molecule has 0 radical (unpaired) electrons. The van der Waals surface area contributed by atoms with Crippen molar-refractivity contribution in [3.05, 3.63) is 100 Å². The molecule has 1 aromatic heterocycles. The van der Waals surface area contributed by atoms with Crippen LogP contribution in [-0.2, 0) is 17.9 Å². The minimum atomic E-state index is -0.419. The summed E-state index contributed by atoms with van der Waals surface area (Å²) in [5.41, 5.74) is 4.00. The number of benzene rings is 3. The van der Waals surface area contributed by atoms with Gasteiger partial charge in [-0.3, -0.25) is 4.79 Å². The number of rotatable bonds is 3. The molecule has 0 aliphatic carbocycles. The highest BCUT2D eigenvalue weighted by Gasteiger charge is 2.36. The standard InChI is InChI=1S/C23H18BrN3O/c24-18-10-6-9-17(13-18)22-23(28)26(14-16-7-2-1-3-8-16)15-21-25-19-11-4-5-12-20(19)27(21)22/h1-13,22H,14-15H2. The van der Waals surface area contributed by atoms with Crippen LogP contribution in [0.3, 0.4) is 0 Å². The number of carbonyl (C=O) groups excluding carboxylic acids is 1. The van der Waals surface area contributed by atoms with Gasteiger partial charge in [-0.25, -0.2) is 4.98 Å². The van der Waals surface area contributed by atoms with Crippen molar-refractivity contribution in [2.45, 2.75) is 19.1 Å². The number of imidazole rings is 1. The maximum Gasteiger partial charge on any atom is 0.251 e. The summed E-state index contributed by atoms with van der Waals surface area (Å²) >= 11 is 3.55. The molecule has 2 heterocycles. The molecule has 0 saturated heterocycles. The third-order valence-electron chi connectivity index (χ3n) is 5.19. The number of para-hydroxylation sites is 2. The third-order valence-corrected chi connectivity index (χ3v) is 5.68. The van der Waals surface area contributed by atoms with Crippen molar-refractivity contribution in [3.8, 4) is 0 Å². The lowest BCUT2D eigenvalue weighted by Crippen LogP contribution is -2.42. The van der Waals surface area contributed by atoms with E-state index in [1.807, 2.05) is 71.6 Å². The summed E-state index contributed by atoms with van der Waals surface area (Å²) in [6.07, 6.45) is 0. The van der Waals surface area contributed by atoms with Crippen LogP contribution in [0.1, 0.15) is 23.0 Å². The van der Waals surface area contributed by atoms with Crippen molar-refractivity contribution in [1.82, 2.24) is 14.5 Å². The molecule has 4 aromatic rings. The fourth-order valence-corrected chi connectivity index (χ4v) is 4.35. The van der Waals surface area contributed by atoms with Gasteiger partial charge in [0.1, 0.15) is 11.9 Å². The van der Waals surface area contributed by atoms with Crippen LogP contribution in [0.4, 0.5) is 0 Å². The Bertz CT molecular complexity index is 1170. The second-order valence-corrected chi connectivity index (χ2v) is 7.94. The molecule has 1 amide bonds. The molecule has 5 rings (SSSR count). The van der Waals surface area contributed by atoms with Crippen LogP contribution in [0.25, 0.3) is 11.0 Å². The Balaban J connectivity index is 1.66. The quantitative estimate of drug-likeness (QED) is 0.461. The van der Waals surface area contributed by atoms with E-state index >= 15 is 0 Å². The molecule has 138 valence electrons. The van der Waals surface area contributed by atoms with Crippen molar-refractivity contribution in [1.29, 1.82) is 0 Å². The van der Waals surface area contributed by atoms with Gasteiger partial charge >= 0.3 is 0 Å². The van der Waals surface area contributed by atoms with Gasteiger partial charge in [-0.2, -0.15) is 0 Å². The Kier molecular flexibility index (Phi) is 4.24. The zero-order valence-corrected chi connectivity index (χ0v) is 16.7. The fraction of sp³-hybridized carbons (Fsp3) is 0.130. The van der Waals surface area contributed by atoms with Crippen LogP contribution >= 0.6 is 15.9 Å². The molecule has 4 nitrogen and oxygen atoms in total. The normalized spacial score (nSPS) is 16.4. The predicted molar refractivity (Wildman–Crippen MR) is 113 cm³/mol. The monoisotopic (exact) mass is 431 g/mol. The van der Waals surface area contributed by atoms with E-state index in [-0.39, 0.29) is 5.91 Å². The number of hydrogen-bond acceptors (Lipinski definition) is 2. The fourth-order valence-electron chi connectivity index (χ4n) is 3.93. The Labute approximate surface area is 171 Å². The maximum atomic E-state index is 13.6. The molecule has 28 heavy (non-hydrogen) atoms. The van der Waals surface area contributed by atoms with E-state index in [9.17, 15) is 4.79 Å². The summed E-state index contributed by atoms with van der Waals surface area (Å²) in [4.78, 5) is 20.3. The van der Waals surface area contributed by atoms with Gasteiger partial charge < -0.3 is 9.47 Å². The van der Waals surface area contributed by atoms with Crippen molar-refractivity contribution in [3.63, 3.8) is 0 Å². The van der Waals surface area contributed by atoms with E-state index in [1.165, 1.54) is 0 Å². The number of fused-ring (bicyclic) bond motifs is 3. The average molecular weight is 432 g/mol. The topological polar surface area (TPSA) is 38.1 Å². The molecular weight excluding hydrogens is 414 g/mol. The molecule has 1 unspecified atom stereocenters. The number of nitrogens with zero attached hydrogens (tertiary/aromatic N) is 3. The second-order valence-electron chi connectivity index (χ2n) is 7.02. The highest BCUT2D eigenvalue weighted by atomic mass is 79.9. The molecule has 0 bridgehead atoms. The van der Waals surface area contributed by atoms with E-state index in [1.54, 1.807) is 0 Å². The number of amides is 1. The van der Waals surface area contributed by atoms with E-state index < -0.39 is 6.04 Å².